The standard InChI is InChI=1S/C15H30N2/c1-12(2)17-8-7-14(11-17)10-16-15-6-4-5-13(3)9-15/h12-16H,4-11H2,1-3H3. The van der Waals surface area contributed by atoms with Crippen LogP contribution in [0.3, 0.4) is 0 Å². The second kappa shape index (κ2) is 6.19. The van der Waals surface area contributed by atoms with Crippen molar-refractivity contribution in [2.75, 3.05) is 19.6 Å². The Hall–Kier alpha value is -0.0800. The van der Waals surface area contributed by atoms with E-state index in [0.29, 0.717) is 0 Å². The van der Waals surface area contributed by atoms with Gasteiger partial charge in [-0.3, -0.25) is 0 Å². The van der Waals surface area contributed by atoms with Crippen LogP contribution in [-0.2, 0) is 0 Å². The van der Waals surface area contributed by atoms with Crippen molar-refractivity contribution < 1.29 is 0 Å². The number of nitrogens with zero attached hydrogens (tertiary/aromatic N) is 1. The van der Waals surface area contributed by atoms with Crippen LogP contribution in [0.15, 0.2) is 0 Å². The Morgan fingerprint density at radius 2 is 2.06 bits per heavy atom. The van der Waals surface area contributed by atoms with Gasteiger partial charge in [0.1, 0.15) is 0 Å². The summed E-state index contributed by atoms with van der Waals surface area (Å²) in [6.45, 7) is 10.9. The smallest absolute Gasteiger partial charge is 0.00697 e. The second-order valence-electron chi connectivity index (χ2n) is 6.62. The summed E-state index contributed by atoms with van der Waals surface area (Å²) < 4.78 is 0. The van der Waals surface area contributed by atoms with Crippen LogP contribution < -0.4 is 5.32 Å². The Bertz CT molecular complexity index is 227. The zero-order valence-electron chi connectivity index (χ0n) is 11.9. The van der Waals surface area contributed by atoms with Gasteiger partial charge in [0.2, 0.25) is 0 Å². The molecular formula is C15H30N2. The third-order valence-electron chi connectivity index (χ3n) is 4.68. The molecule has 1 saturated heterocycles. The Morgan fingerprint density at radius 3 is 2.71 bits per heavy atom. The van der Waals surface area contributed by atoms with Crippen molar-refractivity contribution in [2.45, 2.75) is 65.0 Å². The van der Waals surface area contributed by atoms with Crippen LogP contribution in [0.4, 0.5) is 0 Å². The molecule has 3 unspecified atom stereocenters. The monoisotopic (exact) mass is 238 g/mol. The van der Waals surface area contributed by atoms with Crippen LogP contribution in [0.2, 0.25) is 0 Å². The number of hydrogen-bond acceptors (Lipinski definition) is 2. The first kappa shape index (κ1) is 13.4. The Kier molecular flexibility index (Phi) is 4.87. The molecule has 0 aromatic heterocycles. The predicted octanol–water partition coefficient (Wildman–Crippen LogP) is 2.89. The van der Waals surface area contributed by atoms with Gasteiger partial charge in [0.05, 0.1) is 0 Å². The van der Waals surface area contributed by atoms with Gasteiger partial charge >= 0.3 is 0 Å². The minimum atomic E-state index is 0.731. The van der Waals surface area contributed by atoms with Crippen molar-refractivity contribution in [1.82, 2.24) is 10.2 Å². The van der Waals surface area contributed by atoms with Crippen molar-refractivity contribution in [2.24, 2.45) is 11.8 Å². The number of nitrogens with one attached hydrogen (secondary N) is 1. The first-order valence-corrected chi connectivity index (χ1v) is 7.62. The first-order valence-electron chi connectivity index (χ1n) is 7.62. The molecule has 2 aliphatic rings. The lowest BCUT2D eigenvalue weighted by atomic mass is 9.87. The molecule has 17 heavy (non-hydrogen) atoms. The topological polar surface area (TPSA) is 15.3 Å². The van der Waals surface area contributed by atoms with Crippen LogP contribution in [0.1, 0.15) is 52.9 Å². The molecule has 2 nitrogen and oxygen atoms in total. The molecule has 1 heterocycles. The summed E-state index contributed by atoms with van der Waals surface area (Å²) in [5, 5.41) is 3.83. The van der Waals surface area contributed by atoms with E-state index in [2.05, 4.69) is 31.0 Å². The van der Waals surface area contributed by atoms with Crippen LogP contribution in [-0.4, -0.2) is 36.6 Å². The van der Waals surface area contributed by atoms with Gasteiger partial charge in [-0.15, -0.1) is 0 Å². The quantitative estimate of drug-likeness (QED) is 0.810. The van der Waals surface area contributed by atoms with Crippen molar-refractivity contribution in [1.29, 1.82) is 0 Å². The highest BCUT2D eigenvalue weighted by Crippen LogP contribution is 2.24. The zero-order chi connectivity index (χ0) is 12.3. The van der Waals surface area contributed by atoms with Gasteiger partial charge in [-0.1, -0.05) is 19.8 Å². The first-order chi connectivity index (χ1) is 8.15. The molecule has 2 rings (SSSR count). The molecule has 0 spiro atoms. The Balaban J connectivity index is 1.65. The van der Waals surface area contributed by atoms with Crippen molar-refractivity contribution >= 4 is 0 Å². The summed E-state index contributed by atoms with van der Waals surface area (Å²) in [6, 6.07) is 1.54. The van der Waals surface area contributed by atoms with Crippen molar-refractivity contribution in [3.63, 3.8) is 0 Å². The molecule has 0 radical (unpaired) electrons. The van der Waals surface area contributed by atoms with Gasteiger partial charge < -0.3 is 10.2 Å². The van der Waals surface area contributed by atoms with Gasteiger partial charge in [-0.05, 0) is 58.0 Å². The highest BCUT2D eigenvalue weighted by molar-refractivity contribution is 4.82. The molecule has 1 N–H and O–H groups in total. The second-order valence-corrected chi connectivity index (χ2v) is 6.62. The van der Waals surface area contributed by atoms with E-state index in [1.165, 1.54) is 51.7 Å². The molecule has 0 bridgehead atoms. The van der Waals surface area contributed by atoms with E-state index in [4.69, 9.17) is 0 Å². The molecule has 2 fully saturated rings. The van der Waals surface area contributed by atoms with E-state index >= 15 is 0 Å². The molecule has 100 valence electrons. The lowest BCUT2D eigenvalue weighted by Gasteiger charge is -2.28. The van der Waals surface area contributed by atoms with Gasteiger partial charge in [0.25, 0.3) is 0 Å². The molecule has 0 aromatic rings. The summed E-state index contributed by atoms with van der Waals surface area (Å²) in [5.41, 5.74) is 0. The summed E-state index contributed by atoms with van der Waals surface area (Å²) in [5.74, 6) is 1.84. The minimum Gasteiger partial charge on any atom is -0.314 e. The summed E-state index contributed by atoms with van der Waals surface area (Å²) >= 11 is 0. The number of likely N-dealkylation sites (tertiary alicyclic amines) is 1. The average Bonchev–Trinajstić information content (AvgIpc) is 2.75. The Morgan fingerprint density at radius 1 is 1.24 bits per heavy atom. The number of rotatable bonds is 4. The fraction of sp³-hybridized carbons (Fsp3) is 1.00. The summed E-state index contributed by atoms with van der Waals surface area (Å²) in [7, 11) is 0. The van der Waals surface area contributed by atoms with E-state index in [1.54, 1.807) is 0 Å². The molecule has 1 saturated carbocycles. The minimum absolute atomic E-state index is 0.731. The largest absolute Gasteiger partial charge is 0.314 e. The van der Waals surface area contributed by atoms with Crippen LogP contribution >= 0.6 is 0 Å². The highest BCUT2D eigenvalue weighted by atomic mass is 15.2. The van der Waals surface area contributed by atoms with Gasteiger partial charge in [0.15, 0.2) is 0 Å². The van der Waals surface area contributed by atoms with Gasteiger partial charge in [-0.2, -0.15) is 0 Å². The van der Waals surface area contributed by atoms with Crippen molar-refractivity contribution in [3.8, 4) is 0 Å². The normalized spacial score (nSPS) is 35.6. The average molecular weight is 238 g/mol. The van der Waals surface area contributed by atoms with Gasteiger partial charge in [0, 0.05) is 18.6 Å². The van der Waals surface area contributed by atoms with E-state index in [1.807, 2.05) is 0 Å². The zero-order valence-corrected chi connectivity index (χ0v) is 11.9. The fourth-order valence-electron chi connectivity index (χ4n) is 3.45. The number of hydrogen-bond donors (Lipinski definition) is 1. The van der Waals surface area contributed by atoms with Crippen molar-refractivity contribution in [3.05, 3.63) is 0 Å². The molecule has 0 amide bonds. The van der Waals surface area contributed by atoms with Crippen LogP contribution in [0.25, 0.3) is 0 Å². The van der Waals surface area contributed by atoms with Crippen LogP contribution in [0.5, 0.6) is 0 Å². The third-order valence-corrected chi connectivity index (χ3v) is 4.68. The Labute approximate surface area is 107 Å². The van der Waals surface area contributed by atoms with Crippen LogP contribution in [0, 0.1) is 11.8 Å². The summed E-state index contributed by atoms with van der Waals surface area (Å²) in [4.78, 5) is 2.62. The molecule has 1 aliphatic heterocycles. The maximum Gasteiger partial charge on any atom is 0.00697 e. The van der Waals surface area contributed by atoms with Gasteiger partial charge in [-0.25, -0.2) is 0 Å². The maximum atomic E-state index is 3.83. The maximum absolute atomic E-state index is 3.83. The lowest BCUT2D eigenvalue weighted by molar-refractivity contribution is 0.255. The highest BCUT2D eigenvalue weighted by Gasteiger charge is 2.25. The summed E-state index contributed by atoms with van der Waals surface area (Å²) in [6.07, 6.45) is 7.09. The van der Waals surface area contributed by atoms with E-state index in [-0.39, 0.29) is 0 Å². The molecular weight excluding hydrogens is 208 g/mol. The van der Waals surface area contributed by atoms with E-state index < -0.39 is 0 Å². The lowest BCUT2D eigenvalue weighted by Crippen LogP contribution is -2.37. The molecule has 2 heteroatoms. The third kappa shape index (κ3) is 3.96. The van der Waals surface area contributed by atoms with E-state index in [9.17, 15) is 0 Å². The molecule has 0 aromatic carbocycles. The van der Waals surface area contributed by atoms with E-state index in [0.717, 1.165) is 23.9 Å². The fourth-order valence-corrected chi connectivity index (χ4v) is 3.45. The predicted molar refractivity (Wildman–Crippen MR) is 74.2 cm³/mol. The molecule has 1 aliphatic carbocycles. The SMILES string of the molecule is CC1CCCC(NCC2CCN(C(C)C)C2)C1. The molecule has 3 atom stereocenters.